The Bertz CT molecular complexity index is 683. The minimum atomic E-state index is 0. The van der Waals surface area contributed by atoms with Crippen LogP contribution in [0.1, 0.15) is 12.5 Å². The summed E-state index contributed by atoms with van der Waals surface area (Å²) in [6.45, 7) is 7.46. The molecule has 1 aliphatic rings. The van der Waals surface area contributed by atoms with Crippen LogP contribution in [0.5, 0.6) is 5.75 Å². The van der Waals surface area contributed by atoms with Gasteiger partial charge < -0.3 is 20.2 Å². The zero-order valence-corrected chi connectivity index (χ0v) is 17.5. The highest BCUT2D eigenvalue weighted by atomic mass is 127. The smallest absolute Gasteiger partial charge is 0.194 e. The summed E-state index contributed by atoms with van der Waals surface area (Å²) in [4.78, 5) is 9.51. The standard InChI is InChI=1S/C20H26N4O.HI/c1-2-21-20(22-16-17-8-10-19(25)11-9-17)24-14-12-23(13-15-24)18-6-4-3-5-7-18;/h3-11,25H,2,12-16H2,1H3,(H,21,22);1H. The number of phenolic OH excluding ortho intramolecular Hbond substituents is 1. The van der Waals surface area contributed by atoms with Gasteiger partial charge in [0.25, 0.3) is 0 Å². The van der Waals surface area contributed by atoms with Gasteiger partial charge in [-0.3, -0.25) is 0 Å². The van der Waals surface area contributed by atoms with Gasteiger partial charge in [0, 0.05) is 38.4 Å². The first-order chi connectivity index (χ1) is 12.3. The number of hydrogen-bond acceptors (Lipinski definition) is 3. The maximum atomic E-state index is 9.38. The number of hydrogen-bond donors (Lipinski definition) is 2. The number of piperazine rings is 1. The lowest BCUT2D eigenvalue weighted by atomic mass is 10.2. The quantitative estimate of drug-likeness (QED) is 0.413. The lowest BCUT2D eigenvalue weighted by Crippen LogP contribution is -2.52. The zero-order valence-electron chi connectivity index (χ0n) is 15.1. The average Bonchev–Trinajstić information content (AvgIpc) is 2.67. The molecule has 1 fully saturated rings. The zero-order chi connectivity index (χ0) is 17.5. The normalized spacial score (nSPS) is 14.7. The van der Waals surface area contributed by atoms with E-state index in [1.165, 1.54) is 5.69 Å². The fourth-order valence-electron chi connectivity index (χ4n) is 3.01. The van der Waals surface area contributed by atoms with E-state index in [0.29, 0.717) is 6.54 Å². The van der Waals surface area contributed by atoms with Crippen LogP contribution in [0.3, 0.4) is 0 Å². The summed E-state index contributed by atoms with van der Waals surface area (Å²) >= 11 is 0. The van der Waals surface area contributed by atoms with Crippen LogP contribution in [0.15, 0.2) is 59.6 Å². The van der Waals surface area contributed by atoms with Crippen molar-refractivity contribution in [1.29, 1.82) is 0 Å². The number of anilines is 1. The maximum absolute atomic E-state index is 9.38. The Balaban J connectivity index is 0.00000243. The van der Waals surface area contributed by atoms with E-state index in [9.17, 15) is 5.11 Å². The molecule has 0 unspecified atom stereocenters. The van der Waals surface area contributed by atoms with Crippen molar-refractivity contribution in [2.45, 2.75) is 13.5 Å². The number of benzene rings is 2. The molecule has 0 aliphatic carbocycles. The Morgan fingerprint density at radius 2 is 1.65 bits per heavy atom. The van der Waals surface area contributed by atoms with Crippen LogP contribution in [0.2, 0.25) is 0 Å². The van der Waals surface area contributed by atoms with Crippen molar-refractivity contribution in [2.75, 3.05) is 37.6 Å². The lowest BCUT2D eigenvalue weighted by molar-refractivity contribution is 0.372. The second kappa shape index (κ2) is 10.3. The van der Waals surface area contributed by atoms with Crippen molar-refractivity contribution < 1.29 is 5.11 Å². The van der Waals surface area contributed by atoms with Crippen LogP contribution in [-0.4, -0.2) is 48.7 Å². The van der Waals surface area contributed by atoms with Gasteiger partial charge in [-0.1, -0.05) is 30.3 Å². The van der Waals surface area contributed by atoms with Crippen molar-refractivity contribution in [1.82, 2.24) is 10.2 Å². The number of nitrogens with zero attached hydrogens (tertiary/aromatic N) is 3. The van der Waals surface area contributed by atoms with Crippen LogP contribution >= 0.6 is 24.0 Å². The third-order valence-corrected chi connectivity index (χ3v) is 4.38. The summed E-state index contributed by atoms with van der Waals surface area (Å²) in [7, 11) is 0. The van der Waals surface area contributed by atoms with Gasteiger partial charge in [-0.2, -0.15) is 0 Å². The summed E-state index contributed by atoms with van der Waals surface area (Å²) in [5.41, 5.74) is 2.38. The molecular formula is C20H27IN4O. The number of aliphatic imine (C=N–C) groups is 1. The highest BCUT2D eigenvalue weighted by Crippen LogP contribution is 2.16. The van der Waals surface area contributed by atoms with Gasteiger partial charge in [0.2, 0.25) is 0 Å². The highest BCUT2D eigenvalue weighted by Gasteiger charge is 2.19. The minimum absolute atomic E-state index is 0. The predicted octanol–water partition coefficient (Wildman–Crippen LogP) is 3.30. The molecule has 2 N–H and O–H groups in total. The molecule has 1 aliphatic heterocycles. The third kappa shape index (κ3) is 5.52. The van der Waals surface area contributed by atoms with Gasteiger partial charge in [-0.25, -0.2) is 4.99 Å². The second-order valence-electron chi connectivity index (χ2n) is 6.15. The minimum Gasteiger partial charge on any atom is -0.508 e. The number of aromatic hydroxyl groups is 1. The largest absolute Gasteiger partial charge is 0.508 e. The van der Waals surface area contributed by atoms with Gasteiger partial charge in [0.05, 0.1) is 6.54 Å². The molecule has 0 aromatic heterocycles. The maximum Gasteiger partial charge on any atom is 0.194 e. The number of halogens is 1. The van der Waals surface area contributed by atoms with Crippen LogP contribution in [0, 0.1) is 0 Å². The molecule has 5 nitrogen and oxygen atoms in total. The molecule has 2 aromatic rings. The predicted molar refractivity (Wildman–Crippen MR) is 119 cm³/mol. The third-order valence-electron chi connectivity index (χ3n) is 4.38. The van der Waals surface area contributed by atoms with Gasteiger partial charge in [-0.05, 0) is 36.8 Å². The van der Waals surface area contributed by atoms with Crippen molar-refractivity contribution >= 4 is 35.6 Å². The fraction of sp³-hybridized carbons (Fsp3) is 0.350. The SMILES string of the molecule is CCNC(=NCc1ccc(O)cc1)N1CCN(c2ccccc2)CC1.I. The van der Waals surface area contributed by atoms with E-state index < -0.39 is 0 Å². The molecule has 26 heavy (non-hydrogen) atoms. The Morgan fingerprint density at radius 3 is 2.27 bits per heavy atom. The Hall–Kier alpha value is -1.96. The van der Waals surface area contributed by atoms with E-state index in [-0.39, 0.29) is 29.7 Å². The second-order valence-corrected chi connectivity index (χ2v) is 6.15. The van der Waals surface area contributed by atoms with Crippen LogP contribution in [0.25, 0.3) is 0 Å². The molecule has 0 spiro atoms. The molecule has 0 saturated carbocycles. The van der Waals surface area contributed by atoms with Crippen molar-refractivity contribution in [3.05, 3.63) is 60.2 Å². The van der Waals surface area contributed by atoms with E-state index in [1.54, 1.807) is 12.1 Å². The molecule has 0 atom stereocenters. The number of para-hydroxylation sites is 1. The summed E-state index contributed by atoms with van der Waals surface area (Å²) in [5.74, 6) is 1.25. The first-order valence-corrected chi connectivity index (χ1v) is 8.87. The van der Waals surface area contributed by atoms with Gasteiger partial charge in [0.15, 0.2) is 5.96 Å². The molecule has 6 heteroatoms. The molecule has 0 radical (unpaired) electrons. The van der Waals surface area contributed by atoms with Crippen molar-refractivity contribution in [2.24, 2.45) is 4.99 Å². The van der Waals surface area contributed by atoms with E-state index in [2.05, 4.69) is 52.4 Å². The van der Waals surface area contributed by atoms with Gasteiger partial charge in [-0.15, -0.1) is 24.0 Å². The number of rotatable bonds is 4. The van der Waals surface area contributed by atoms with Gasteiger partial charge >= 0.3 is 0 Å². The Labute approximate surface area is 172 Å². The number of guanidine groups is 1. The fourth-order valence-corrected chi connectivity index (χ4v) is 3.01. The van der Waals surface area contributed by atoms with E-state index in [0.717, 1.165) is 44.2 Å². The number of phenols is 1. The molecule has 1 saturated heterocycles. The molecule has 2 aromatic carbocycles. The molecule has 1 heterocycles. The average molecular weight is 466 g/mol. The number of nitrogens with one attached hydrogen (secondary N) is 1. The molecule has 0 amide bonds. The Kier molecular flexibility index (Phi) is 8.03. The molecular weight excluding hydrogens is 439 g/mol. The van der Waals surface area contributed by atoms with E-state index >= 15 is 0 Å². The molecule has 0 bridgehead atoms. The highest BCUT2D eigenvalue weighted by molar-refractivity contribution is 14.0. The molecule has 140 valence electrons. The summed E-state index contributed by atoms with van der Waals surface area (Å²) < 4.78 is 0. The van der Waals surface area contributed by atoms with Crippen LogP contribution in [-0.2, 0) is 6.54 Å². The first kappa shape index (κ1) is 20.4. The monoisotopic (exact) mass is 466 g/mol. The summed E-state index contributed by atoms with van der Waals surface area (Å²) in [6.07, 6.45) is 0. The van der Waals surface area contributed by atoms with E-state index in [4.69, 9.17) is 4.99 Å². The summed E-state index contributed by atoms with van der Waals surface area (Å²) in [6, 6.07) is 17.8. The van der Waals surface area contributed by atoms with Gasteiger partial charge in [0.1, 0.15) is 5.75 Å². The van der Waals surface area contributed by atoms with Crippen LogP contribution in [0.4, 0.5) is 5.69 Å². The van der Waals surface area contributed by atoms with Crippen molar-refractivity contribution in [3.63, 3.8) is 0 Å². The van der Waals surface area contributed by atoms with Crippen LogP contribution < -0.4 is 10.2 Å². The molecule has 3 rings (SSSR count). The lowest BCUT2D eigenvalue weighted by Gasteiger charge is -2.37. The topological polar surface area (TPSA) is 51.1 Å². The first-order valence-electron chi connectivity index (χ1n) is 8.87. The van der Waals surface area contributed by atoms with E-state index in [1.807, 2.05) is 12.1 Å². The Morgan fingerprint density at radius 1 is 1.00 bits per heavy atom. The summed E-state index contributed by atoms with van der Waals surface area (Å²) in [5, 5.41) is 12.8. The van der Waals surface area contributed by atoms with Crippen molar-refractivity contribution in [3.8, 4) is 5.75 Å².